The number of nitrogens with one attached hydrogen (secondary N) is 2. The molecule has 6 heterocycles. The van der Waals surface area contributed by atoms with E-state index in [1.807, 2.05) is 35.8 Å². The lowest BCUT2D eigenvalue weighted by Crippen LogP contribution is -1.87. The average Bonchev–Trinajstić information content (AvgIpc) is 3.52. The van der Waals surface area contributed by atoms with Crippen LogP contribution in [0.5, 0.6) is 0 Å². The van der Waals surface area contributed by atoms with Crippen LogP contribution in [0.4, 0.5) is 0 Å². The molecule has 7 nitrogen and oxygen atoms in total. The van der Waals surface area contributed by atoms with Crippen molar-refractivity contribution in [1.82, 2.24) is 35.1 Å². The van der Waals surface area contributed by atoms with Crippen molar-refractivity contribution >= 4 is 33.4 Å². The molecule has 0 saturated carbocycles. The Bertz CT molecular complexity index is 1450. The second-order valence-corrected chi connectivity index (χ2v) is 7.37. The average molecular weight is 395 g/mol. The highest BCUT2D eigenvalue weighted by atomic mass is 32.1. The maximum Gasteiger partial charge on any atom is 0.161 e. The number of hydrogen-bond acceptors (Lipinski definition) is 6. The van der Waals surface area contributed by atoms with Crippen LogP contribution in [0, 0.1) is 0 Å². The highest BCUT2D eigenvalue weighted by molar-refractivity contribution is 7.08. The fourth-order valence-electron chi connectivity index (χ4n) is 3.41. The van der Waals surface area contributed by atoms with E-state index in [9.17, 15) is 0 Å². The van der Waals surface area contributed by atoms with Crippen LogP contribution in [-0.4, -0.2) is 35.1 Å². The summed E-state index contributed by atoms with van der Waals surface area (Å²) in [4.78, 5) is 21.5. The number of imidazole rings is 1. The number of fused-ring (bicyclic) bond motifs is 2. The highest BCUT2D eigenvalue weighted by Gasteiger charge is 2.17. The van der Waals surface area contributed by atoms with Gasteiger partial charge in [0.15, 0.2) is 11.5 Å². The molecule has 0 fully saturated rings. The van der Waals surface area contributed by atoms with Crippen LogP contribution in [0.15, 0.2) is 65.9 Å². The summed E-state index contributed by atoms with van der Waals surface area (Å²) in [6.07, 6.45) is 7.17. The second kappa shape index (κ2) is 6.32. The zero-order valence-electron chi connectivity index (χ0n) is 15.0. The zero-order valence-corrected chi connectivity index (χ0v) is 15.8. The maximum atomic E-state index is 4.84. The Morgan fingerprint density at radius 3 is 2.69 bits per heavy atom. The molecule has 0 aliphatic carbocycles. The van der Waals surface area contributed by atoms with E-state index < -0.39 is 0 Å². The fourth-order valence-corrected chi connectivity index (χ4v) is 4.07. The van der Waals surface area contributed by atoms with Crippen LogP contribution in [0.25, 0.3) is 56.0 Å². The number of rotatable bonds is 3. The number of nitrogens with zero attached hydrogens (tertiary/aromatic N) is 5. The SMILES string of the molecule is c1cncc(-c2ccc3[nH]nc(-c4nc5c(-c6ccsc6)cncc5[nH]4)c3n2)c1. The van der Waals surface area contributed by atoms with E-state index in [-0.39, 0.29) is 0 Å². The molecule has 2 N–H and O–H groups in total. The van der Waals surface area contributed by atoms with E-state index in [0.29, 0.717) is 11.5 Å². The van der Waals surface area contributed by atoms with E-state index in [2.05, 4.69) is 36.6 Å². The van der Waals surface area contributed by atoms with Gasteiger partial charge in [-0.1, -0.05) is 0 Å². The number of aromatic amines is 2. The van der Waals surface area contributed by atoms with Gasteiger partial charge in [0.2, 0.25) is 0 Å². The quantitative estimate of drug-likeness (QED) is 0.453. The molecule has 0 saturated heterocycles. The van der Waals surface area contributed by atoms with Gasteiger partial charge in [-0.05, 0) is 46.7 Å². The molecule has 6 aromatic rings. The Labute approximate surface area is 168 Å². The molecular formula is C21H13N7S. The van der Waals surface area contributed by atoms with Crippen LogP contribution in [0.2, 0.25) is 0 Å². The lowest BCUT2D eigenvalue weighted by Gasteiger charge is -2.00. The molecule has 6 aromatic heterocycles. The lowest BCUT2D eigenvalue weighted by atomic mass is 10.1. The first kappa shape index (κ1) is 16.1. The molecule has 0 spiro atoms. The van der Waals surface area contributed by atoms with E-state index in [1.165, 1.54) is 0 Å². The Kier molecular flexibility index (Phi) is 3.50. The number of thiophene rings is 1. The van der Waals surface area contributed by atoms with Crippen molar-refractivity contribution in [1.29, 1.82) is 0 Å². The van der Waals surface area contributed by atoms with E-state index in [0.717, 1.165) is 44.5 Å². The molecule has 0 unspecified atom stereocenters. The minimum absolute atomic E-state index is 0.659. The van der Waals surface area contributed by atoms with Crippen molar-refractivity contribution in [3.63, 3.8) is 0 Å². The van der Waals surface area contributed by atoms with Crippen molar-refractivity contribution in [2.75, 3.05) is 0 Å². The van der Waals surface area contributed by atoms with Crippen LogP contribution in [0.1, 0.15) is 0 Å². The predicted octanol–water partition coefficient (Wildman–Crippen LogP) is 4.69. The third-order valence-electron chi connectivity index (χ3n) is 4.82. The lowest BCUT2D eigenvalue weighted by molar-refractivity contribution is 1.10. The summed E-state index contributed by atoms with van der Waals surface area (Å²) in [5.74, 6) is 0.659. The van der Waals surface area contributed by atoms with Crippen LogP contribution in [-0.2, 0) is 0 Å². The summed E-state index contributed by atoms with van der Waals surface area (Å²) in [5.41, 5.74) is 7.92. The molecule has 0 bridgehead atoms. The molecule has 0 radical (unpaired) electrons. The third-order valence-corrected chi connectivity index (χ3v) is 5.50. The predicted molar refractivity (Wildman–Crippen MR) is 113 cm³/mol. The molecule has 29 heavy (non-hydrogen) atoms. The minimum Gasteiger partial charge on any atom is -0.335 e. The molecular weight excluding hydrogens is 382 g/mol. The highest BCUT2D eigenvalue weighted by Crippen LogP contribution is 2.31. The third kappa shape index (κ3) is 2.61. The van der Waals surface area contributed by atoms with E-state index in [4.69, 9.17) is 9.97 Å². The summed E-state index contributed by atoms with van der Waals surface area (Å²) >= 11 is 1.65. The van der Waals surface area contributed by atoms with Crippen LogP contribution in [0.3, 0.4) is 0 Å². The van der Waals surface area contributed by atoms with Crippen molar-refractivity contribution in [2.45, 2.75) is 0 Å². The van der Waals surface area contributed by atoms with Crippen molar-refractivity contribution in [3.8, 4) is 33.9 Å². The standard InChI is InChI=1S/C21H13N7S/c1-2-12(8-22-6-1)15-3-4-16-19(24-15)20(28-27-16)21-25-17-10-23-9-14(18(17)26-21)13-5-7-29-11-13/h1-11H,(H,25,26)(H,27,28). The number of hydrogen-bond donors (Lipinski definition) is 2. The summed E-state index contributed by atoms with van der Waals surface area (Å²) in [5, 5.41) is 11.7. The van der Waals surface area contributed by atoms with Gasteiger partial charge in [-0.25, -0.2) is 9.97 Å². The number of H-pyrrole nitrogens is 2. The van der Waals surface area contributed by atoms with Crippen molar-refractivity contribution in [2.24, 2.45) is 0 Å². The Balaban J connectivity index is 1.53. The Morgan fingerprint density at radius 2 is 1.83 bits per heavy atom. The van der Waals surface area contributed by atoms with Gasteiger partial charge in [0, 0.05) is 29.7 Å². The Hall–Kier alpha value is -3.91. The minimum atomic E-state index is 0.659. The fraction of sp³-hybridized carbons (Fsp3) is 0. The summed E-state index contributed by atoms with van der Waals surface area (Å²) in [6, 6.07) is 9.89. The van der Waals surface area contributed by atoms with Gasteiger partial charge in [-0.3, -0.25) is 15.1 Å². The normalized spacial score (nSPS) is 11.4. The summed E-state index contributed by atoms with van der Waals surface area (Å²) in [6.45, 7) is 0. The smallest absolute Gasteiger partial charge is 0.161 e. The molecule has 138 valence electrons. The summed E-state index contributed by atoms with van der Waals surface area (Å²) < 4.78 is 0. The molecule has 0 aliphatic rings. The summed E-state index contributed by atoms with van der Waals surface area (Å²) in [7, 11) is 0. The van der Waals surface area contributed by atoms with Gasteiger partial charge >= 0.3 is 0 Å². The molecule has 0 aliphatic heterocycles. The second-order valence-electron chi connectivity index (χ2n) is 6.59. The molecule has 0 amide bonds. The van der Waals surface area contributed by atoms with Crippen molar-refractivity contribution < 1.29 is 0 Å². The van der Waals surface area contributed by atoms with Crippen LogP contribution >= 0.6 is 11.3 Å². The zero-order chi connectivity index (χ0) is 19.2. The largest absolute Gasteiger partial charge is 0.335 e. The van der Waals surface area contributed by atoms with Gasteiger partial charge < -0.3 is 4.98 Å². The number of aromatic nitrogens is 7. The number of pyridine rings is 3. The first-order valence-corrected chi connectivity index (χ1v) is 9.93. The van der Waals surface area contributed by atoms with E-state index >= 15 is 0 Å². The first-order chi connectivity index (χ1) is 14.4. The van der Waals surface area contributed by atoms with Crippen LogP contribution < -0.4 is 0 Å². The molecule has 0 aromatic carbocycles. The first-order valence-electron chi connectivity index (χ1n) is 8.99. The molecule has 6 rings (SSSR count). The Morgan fingerprint density at radius 1 is 0.828 bits per heavy atom. The van der Waals surface area contributed by atoms with Gasteiger partial charge in [0.1, 0.15) is 11.0 Å². The molecule has 0 atom stereocenters. The van der Waals surface area contributed by atoms with Crippen molar-refractivity contribution in [3.05, 3.63) is 65.9 Å². The van der Waals surface area contributed by atoms with Gasteiger partial charge in [0.25, 0.3) is 0 Å². The molecule has 8 heteroatoms. The van der Waals surface area contributed by atoms with E-state index in [1.54, 1.807) is 29.9 Å². The van der Waals surface area contributed by atoms with Gasteiger partial charge in [-0.15, -0.1) is 0 Å². The maximum absolute atomic E-state index is 4.84. The van der Waals surface area contributed by atoms with Gasteiger partial charge in [-0.2, -0.15) is 16.4 Å². The topological polar surface area (TPSA) is 96.0 Å². The monoisotopic (exact) mass is 395 g/mol. The van der Waals surface area contributed by atoms with Gasteiger partial charge in [0.05, 0.1) is 22.9 Å².